The molecule has 1 unspecified atom stereocenters. The van der Waals surface area contributed by atoms with Crippen molar-refractivity contribution in [2.24, 2.45) is 5.92 Å². The Morgan fingerprint density at radius 1 is 1.29 bits per heavy atom. The van der Waals surface area contributed by atoms with Gasteiger partial charge in [0, 0.05) is 11.7 Å². The standard InChI is InChI=1S/C12H18F2N2O/c1-7(2)3-9(6-17)16-12-10(13)4-8(15)5-11(12)14/h4-5,7,9,16-17H,3,6,15H2,1-2H3. The average Bonchev–Trinajstić information content (AvgIpc) is 2.20. The number of hydrogen-bond acceptors (Lipinski definition) is 3. The Balaban J connectivity index is 2.86. The molecule has 0 radical (unpaired) electrons. The van der Waals surface area contributed by atoms with Crippen LogP contribution in [0.15, 0.2) is 12.1 Å². The van der Waals surface area contributed by atoms with Crippen LogP contribution in [0.2, 0.25) is 0 Å². The molecule has 3 nitrogen and oxygen atoms in total. The molecule has 0 heterocycles. The van der Waals surface area contributed by atoms with Crippen molar-refractivity contribution in [2.45, 2.75) is 26.3 Å². The molecule has 1 aromatic carbocycles. The zero-order valence-corrected chi connectivity index (χ0v) is 10.0. The van der Waals surface area contributed by atoms with Crippen LogP contribution in [0.3, 0.4) is 0 Å². The number of nitrogens with one attached hydrogen (secondary N) is 1. The van der Waals surface area contributed by atoms with Gasteiger partial charge in [-0.2, -0.15) is 0 Å². The molecule has 0 bridgehead atoms. The Hall–Kier alpha value is -1.36. The predicted molar refractivity (Wildman–Crippen MR) is 64.7 cm³/mol. The Labute approximate surface area is 99.6 Å². The number of halogens is 2. The lowest BCUT2D eigenvalue weighted by Crippen LogP contribution is -2.26. The highest BCUT2D eigenvalue weighted by Crippen LogP contribution is 2.23. The van der Waals surface area contributed by atoms with Crippen molar-refractivity contribution in [3.8, 4) is 0 Å². The van der Waals surface area contributed by atoms with E-state index in [1.807, 2.05) is 13.8 Å². The van der Waals surface area contributed by atoms with Gasteiger partial charge in [-0.05, 0) is 24.5 Å². The number of benzene rings is 1. The van der Waals surface area contributed by atoms with Crippen LogP contribution in [0, 0.1) is 17.6 Å². The molecule has 4 N–H and O–H groups in total. The summed E-state index contributed by atoms with van der Waals surface area (Å²) in [4.78, 5) is 0. The Kier molecular flexibility index (Phi) is 4.69. The lowest BCUT2D eigenvalue weighted by Gasteiger charge is -2.20. The molecule has 0 aliphatic heterocycles. The van der Waals surface area contributed by atoms with Crippen LogP contribution in [0.25, 0.3) is 0 Å². The third-order valence-corrected chi connectivity index (χ3v) is 2.39. The molecular weight excluding hydrogens is 226 g/mol. The molecular formula is C12H18F2N2O. The first-order chi connectivity index (χ1) is 7.93. The number of hydrogen-bond donors (Lipinski definition) is 3. The SMILES string of the molecule is CC(C)CC(CO)Nc1c(F)cc(N)cc1F. The molecule has 5 heteroatoms. The number of aliphatic hydroxyl groups is 1. The summed E-state index contributed by atoms with van der Waals surface area (Å²) in [6.07, 6.45) is 0.625. The van der Waals surface area contributed by atoms with E-state index >= 15 is 0 Å². The summed E-state index contributed by atoms with van der Waals surface area (Å²) in [6.45, 7) is 3.77. The van der Waals surface area contributed by atoms with Gasteiger partial charge in [0.15, 0.2) is 11.6 Å². The van der Waals surface area contributed by atoms with Crippen LogP contribution < -0.4 is 11.1 Å². The second kappa shape index (κ2) is 5.82. The fourth-order valence-corrected chi connectivity index (χ4v) is 1.68. The first-order valence-electron chi connectivity index (χ1n) is 5.56. The van der Waals surface area contributed by atoms with Gasteiger partial charge in [-0.15, -0.1) is 0 Å². The quantitative estimate of drug-likeness (QED) is 0.697. The number of rotatable bonds is 5. The van der Waals surface area contributed by atoms with Gasteiger partial charge in [0.1, 0.15) is 5.69 Å². The highest BCUT2D eigenvalue weighted by atomic mass is 19.1. The number of nitrogens with two attached hydrogens (primary N) is 1. The summed E-state index contributed by atoms with van der Waals surface area (Å²) in [5.74, 6) is -1.17. The minimum Gasteiger partial charge on any atom is -0.399 e. The van der Waals surface area contributed by atoms with Gasteiger partial charge in [0.2, 0.25) is 0 Å². The van der Waals surface area contributed by atoms with Crippen molar-refractivity contribution in [2.75, 3.05) is 17.7 Å². The summed E-state index contributed by atoms with van der Waals surface area (Å²) in [5.41, 5.74) is 5.12. The van der Waals surface area contributed by atoms with Crippen molar-refractivity contribution >= 4 is 11.4 Å². The number of aliphatic hydroxyl groups excluding tert-OH is 1. The van der Waals surface area contributed by atoms with Crippen molar-refractivity contribution in [3.63, 3.8) is 0 Å². The lowest BCUT2D eigenvalue weighted by molar-refractivity contribution is 0.259. The third kappa shape index (κ3) is 3.85. The minimum atomic E-state index is -0.746. The number of nitrogen functional groups attached to an aromatic ring is 1. The molecule has 0 saturated carbocycles. The molecule has 17 heavy (non-hydrogen) atoms. The molecule has 0 amide bonds. The molecule has 0 saturated heterocycles. The summed E-state index contributed by atoms with van der Waals surface area (Å²) >= 11 is 0. The normalized spacial score (nSPS) is 12.8. The average molecular weight is 244 g/mol. The van der Waals surface area contributed by atoms with Gasteiger partial charge < -0.3 is 16.2 Å². The molecule has 96 valence electrons. The molecule has 0 fully saturated rings. The van der Waals surface area contributed by atoms with E-state index in [1.165, 1.54) is 0 Å². The summed E-state index contributed by atoms with van der Waals surface area (Å²) in [7, 11) is 0. The molecule has 1 aromatic rings. The molecule has 0 aliphatic carbocycles. The maximum atomic E-state index is 13.5. The molecule has 0 aromatic heterocycles. The van der Waals surface area contributed by atoms with Gasteiger partial charge in [-0.25, -0.2) is 8.78 Å². The predicted octanol–water partition coefficient (Wildman–Crippen LogP) is 2.37. The van der Waals surface area contributed by atoms with E-state index in [2.05, 4.69) is 5.32 Å². The summed E-state index contributed by atoms with van der Waals surface area (Å²) < 4.78 is 27.0. The molecule has 0 aliphatic rings. The van der Waals surface area contributed by atoms with Crippen molar-refractivity contribution in [1.82, 2.24) is 0 Å². The second-order valence-electron chi connectivity index (χ2n) is 4.51. The van der Waals surface area contributed by atoms with E-state index in [9.17, 15) is 8.78 Å². The van der Waals surface area contributed by atoms with E-state index in [-0.39, 0.29) is 24.0 Å². The maximum absolute atomic E-state index is 13.5. The highest BCUT2D eigenvalue weighted by Gasteiger charge is 2.15. The molecule has 1 atom stereocenters. The Morgan fingerprint density at radius 3 is 2.24 bits per heavy atom. The van der Waals surface area contributed by atoms with E-state index in [0.29, 0.717) is 12.3 Å². The largest absolute Gasteiger partial charge is 0.399 e. The zero-order chi connectivity index (χ0) is 13.0. The van der Waals surface area contributed by atoms with Gasteiger partial charge >= 0.3 is 0 Å². The topological polar surface area (TPSA) is 58.3 Å². The minimum absolute atomic E-state index is 0.0370. The van der Waals surface area contributed by atoms with Crippen LogP contribution in [-0.2, 0) is 0 Å². The van der Waals surface area contributed by atoms with Gasteiger partial charge in [0.05, 0.1) is 6.61 Å². The van der Waals surface area contributed by atoms with Gasteiger partial charge in [0.25, 0.3) is 0 Å². The van der Waals surface area contributed by atoms with Crippen LogP contribution in [0.4, 0.5) is 20.2 Å². The Bertz CT molecular complexity index is 360. The molecule has 1 rings (SSSR count). The zero-order valence-electron chi connectivity index (χ0n) is 10.0. The smallest absolute Gasteiger partial charge is 0.151 e. The molecule has 0 spiro atoms. The summed E-state index contributed by atoms with van der Waals surface area (Å²) in [5, 5.41) is 11.8. The first-order valence-corrected chi connectivity index (χ1v) is 5.56. The Morgan fingerprint density at radius 2 is 1.82 bits per heavy atom. The van der Waals surface area contributed by atoms with Gasteiger partial charge in [-0.1, -0.05) is 13.8 Å². The van der Waals surface area contributed by atoms with Crippen LogP contribution in [0.1, 0.15) is 20.3 Å². The van der Waals surface area contributed by atoms with Crippen LogP contribution in [0.5, 0.6) is 0 Å². The van der Waals surface area contributed by atoms with Crippen molar-refractivity contribution in [1.29, 1.82) is 0 Å². The highest BCUT2D eigenvalue weighted by molar-refractivity contribution is 5.54. The lowest BCUT2D eigenvalue weighted by atomic mass is 10.0. The fraction of sp³-hybridized carbons (Fsp3) is 0.500. The first kappa shape index (κ1) is 13.7. The maximum Gasteiger partial charge on any atom is 0.151 e. The van der Waals surface area contributed by atoms with E-state index in [0.717, 1.165) is 12.1 Å². The summed E-state index contributed by atoms with van der Waals surface area (Å²) in [6, 6.07) is 1.73. The van der Waals surface area contributed by atoms with Gasteiger partial charge in [-0.3, -0.25) is 0 Å². The fourth-order valence-electron chi connectivity index (χ4n) is 1.68. The third-order valence-electron chi connectivity index (χ3n) is 2.39. The second-order valence-corrected chi connectivity index (χ2v) is 4.51. The van der Waals surface area contributed by atoms with E-state index < -0.39 is 11.6 Å². The van der Waals surface area contributed by atoms with Crippen molar-refractivity contribution in [3.05, 3.63) is 23.8 Å². The number of anilines is 2. The van der Waals surface area contributed by atoms with Crippen molar-refractivity contribution < 1.29 is 13.9 Å². The van der Waals surface area contributed by atoms with E-state index in [1.54, 1.807) is 0 Å². The van der Waals surface area contributed by atoms with Crippen LogP contribution >= 0.6 is 0 Å². The van der Waals surface area contributed by atoms with Crippen LogP contribution in [-0.4, -0.2) is 17.8 Å². The monoisotopic (exact) mass is 244 g/mol. The van der Waals surface area contributed by atoms with E-state index in [4.69, 9.17) is 10.8 Å².